The zero-order valence-corrected chi connectivity index (χ0v) is 26.2. The van der Waals surface area contributed by atoms with Gasteiger partial charge in [-0.3, -0.25) is 0 Å². The van der Waals surface area contributed by atoms with Crippen LogP contribution in [0.1, 0.15) is 158 Å². The molecular formula is C39H56O. The normalized spacial score (nSPS) is 13.3. The first-order chi connectivity index (χ1) is 19.4. The Labute approximate surface area is 246 Å². The van der Waals surface area contributed by atoms with Gasteiger partial charge in [0.2, 0.25) is 0 Å². The summed E-state index contributed by atoms with van der Waals surface area (Å²) in [5.74, 6) is 0.956. The highest BCUT2D eigenvalue weighted by molar-refractivity contribution is 5.53. The number of aromatic hydroxyl groups is 1. The maximum atomic E-state index is 11.6. The van der Waals surface area contributed by atoms with Crippen molar-refractivity contribution in [1.29, 1.82) is 0 Å². The van der Waals surface area contributed by atoms with E-state index in [9.17, 15) is 5.11 Å². The average molecular weight is 541 g/mol. The minimum absolute atomic E-state index is 0.130. The molecule has 0 spiro atoms. The van der Waals surface area contributed by atoms with Crippen LogP contribution in [0.4, 0.5) is 0 Å². The summed E-state index contributed by atoms with van der Waals surface area (Å²) < 4.78 is 0. The maximum absolute atomic E-state index is 11.6. The Kier molecular flexibility index (Phi) is 13.3. The molecule has 0 radical (unpaired) electrons. The zero-order valence-electron chi connectivity index (χ0n) is 26.2. The van der Waals surface area contributed by atoms with E-state index in [2.05, 4.69) is 107 Å². The first-order valence-corrected chi connectivity index (χ1v) is 16.3. The minimum atomic E-state index is -0.148. The molecule has 2 atom stereocenters. The average Bonchev–Trinajstić information content (AvgIpc) is 2.98. The predicted octanol–water partition coefficient (Wildman–Crippen LogP) is 12.1. The summed E-state index contributed by atoms with van der Waals surface area (Å²) in [6.07, 6.45) is 17.6. The van der Waals surface area contributed by atoms with E-state index in [1.807, 2.05) is 0 Å². The third-order valence-corrected chi connectivity index (χ3v) is 9.17. The van der Waals surface area contributed by atoms with Crippen LogP contribution >= 0.6 is 0 Å². The first-order valence-electron chi connectivity index (χ1n) is 16.3. The van der Waals surface area contributed by atoms with Crippen molar-refractivity contribution in [2.75, 3.05) is 0 Å². The van der Waals surface area contributed by atoms with Crippen molar-refractivity contribution in [1.82, 2.24) is 0 Å². The highest BCUT2D eigenvalue weighted by Gasteiger charge is 2.28. The molecule has 0 aromatic heterocycles. The van der Waals surface area contributed by atoms with Crippen LogP contribution in [-0.4, -0.2) is 5.11 Å². The number of rotatable bonds is 18. The van der Waals surface area contributed by atoms with Gasteiger partial charge in [0.1, 0.15) is 5.75 Å². The fourth-order valence-corrected chi connectivity index (χ4v) is 6.14. The highest BCUT2D eigenvalue weighted by Crippen LogP contribution is 2.43. The van der Waals surface area contributed by atoms with E-state index in [4.69, 9.17) is 0 Å². The van der Waals surface area contributed by atoms with Gasteiger partial charge in [0.15, 0.2) is 0 Å². The highest BCUT2D eigenvalue weighted by atomic mass is 16.3. The molecule has 0 amide bonds. The topological polar surface area (TPSA) is 20.2 Å². The van der Waals surface area contributed by atoms with Gasteiger partial charge in [0.25, 0.3) is 0 Å². The monoisotopic (exact) mass is 540 g/mol. The van der Waals surface area contributed by atoms with Crippen LogP contribution in [0.5, 0.6) is 5.75 Å². The molecule has 218 valence electrons. The van der Waals surface area contributed by atoms with E-state index >= 15 is 0 Å². The second-order valence-corrected chi connectivity index (χ2v) is 12.7. The Morgan fingerprint density at radius 3 is 1.62 bits per heavy atom. The third-order valence-electron chi connectivity index (χ3n) is 9.17. The number of phenols is 1. The van der Waals surface area contributed by atoms with Crippen LogP contribution in [0.3, 0.4) is 0 Å². The summed E-state index contributed by atoms with van der Waals surface area (Å²) in [6, 6.07) is 26.0. The van der Waals surface area contributed by atoms with Crippen molar-refractivity contribution in [3.63, 3.8) is 0 Å². The number of hydrogen-bond acceptors (Lipinski definition) is 1. The van der Waals surface area contributed by atoms with Crippen molar-refractivity contribution in [3.05, 3.63) is 101 Å². The van der Waals surface area contributed by atoms with Crippen molar-refractivity contribution in [2.24, 2.45) is 0 Å². The summed E-state index contributed by atoms with van der Waals surface area (Å²) in [7, 11) is 0. The van der Waals surface area contributed by atoms with E-state index in [-0.39, 0.29) is 11.3 Å². The summed E-state index contributed by atoms with van der Waals surface area (Å²) in [6.45, 7) is 11.4. The van der Waals surface area contributed by atoms with Gasteiger partial charge in [-0.05, 0) is 34.6 Å². The lowest BCUT2D eigenvalue weighted by Crippen LogP contribution is -2.20. The zero-order chi connectivity index (χ0) is 28.8. The summed E-state index contributed by atoms with van der Waals surface area (Å²) in [5.41, 5.74) is 5.84. The Hall–Kier alpha value is -2.54. The van der Waals surface area contributed by atoms with Gasteiger partial charge in [0.05, 0.1) is 0 Å². The van der Waals surface area contributed by atoms with Gasteiger partial charge in [-0.2, -0.15) is 0 Å². The molecule has 1 N–H and O–H groups in total. The van der Waals surface area contributed by atoms with Gasteiger partial charge in [-0.25, -0.2) is 0 Å². The molecule has 0 aliphatic rings. The molecule has 1 nitrogen and oxygen atoms in total. The quantitative estimate of drug-likeness (QED) is 0.159. The standard InChI is InChI=1S/C39H56O/c1-6-7-8-9-10-11-12-13-14-15-16-19-24-31(2)36-29-35(39(4,5)34-27-22-18-23-28-34)30-37(38(36)40)32(3)33-25-20-17-21-26-33/h17-18,20-23,25-32,40H,6-16,19,24H2,1-5H3. The predicted molar refractivity (Wildman–Crippen MR) is 175 cm³/mol. The Morgan fingerprint density at radius 2 is 1.07 bits per heavy atom. The first kappa shape index (κ1) is 32.0. The largest absolute Gasteiger partial charge is 0.507 e. The van der Waals surface area contributed by atoms with Crippen molar-refractivity contribution in [2.45, 2.75) is 135 Å². The van der Waals surface area contributed by atoms with Gasteiger partial charge in [0, 0.05) is 16.9 Å². The van der Waals surface area contributed by atoms with Crippen LogP contribution in [0, 0.1) is 0 Å². The fourth-order valence-electron chi connectivity index (χ4n) is 6.14. The second kappa shape index (κ2) is 16.7. The molecule has 0 aliphatic heterocycles. The fraction of sp³-hybridized carbons (Fsp3) is 0.538. The summed E-state index contributed by atoms with van der Waals surface area (Å²) in [4.78, 5) is 0. The van der Waals surface area contributed by atoms with E-state index in [1.165, 1.54) is 93.7 Å². The minimum Gasteiger partial charge on any atom is -0.507 e. The van der Waals surface area contributed by atoms with Gasteiger partial charge in [-0.1, -0.05) is 184 Å². The molecular weight excluding hydrogens is 484 g/mol. The van der Waals surface area contributed by atoms with Crippen LogP contribution in [0.15, 0.2) is 72.8 Å². The molecule has 1 heteroatoms. The molecule has 0 saturated carbocycles. The van der Waals surface area contributed by atoms with Crippen LogP contribution in [0.2, 0.25) is 0 Å². The van der Waals surface area contributed by atoms with Crippen LogP contribution < -0.4 is 0 Å². The maximum Gasteiger partial charge on any atom is 0.122 e. The second-order valence-electron chi connectivity index (χ2n) is 12.7. The number of benzene rings is 3. The Morgan fingerprint density at radius 1 is 0.600 bits per heavy atom. The molecule has 2 unspecified atom stereocenters. The van der Waals surface area contributed by atoms with E-state index in [0.29, 0.717) is 11.7 Å². The summed E-state index contributed by atoms with van der Waals surface area (Å²) >= 11 is 0. The molecule has 0 bridgehead atoms. The molecule has 0 heterocycles. The lowest BCUT2D eigenvalue weighted by atomic mass is 9.74. The number of unbranched alkanes of at least 4 members (excludes halogenated alkanes) is 11. The molecule has 0 aliphatic carbocycles. The lowest BCUT2D eigenvalue weighted by molar-refractivity contribution is 0.447. The van der Waals surface area contributed by atoms with Gasteiger partial charge >= 0.3 is 0 Å². The lowest BCUT2D eigenvalue weighted by Gasteiger charge is -2.30. The third kappa shape index (κ3) is 9.25. The number of phenolic OH excluding ortho intramolecular Hbond substituents is 1. The number of hydrogen-bond donors (Lipinski definition) is 1. The molecule has 0 fully saturated rings. The van der Waals surface area contributed by atoms with Crippen molar-refractivity contribution < 1.29 is 5.11 Å². The molecule has 3 aromatic rings. The van der Waals surface area contributed by atoms with Crippen molar-refractivity contribution >= 4 is 0 Å². The van der Waals surface area contributed by atoms with E-state index in [0.717, 1.165) is 17.5 Å². The van der Waals surface area contributed by atoms with E-state index in [1.54, 1.807) is 0 Å². The van der Waals surface area contributed by atoms with Crippen molar-refractivity contribution in [3.8, 4) is 5.75 Å². The molecule has 3 rings (SSSR count). The molecule has 3 aromatic carbocycles. The molecule has 40 heavy (non-hydrogen) atoms. The van der Waals surface area contributed by atoms with E-state index < -0.39 is 0 Å². The Bertz CT molecular complexity index is 1100. The smallest absolute Gasteiger partial charge is 0.122 e. The van der Waals surface area contributed by atoms with Gasteiger partial charge < -0.3 is 5.11 Å². The van der Waals surface area contributed by atoms with Crippen LogP contribution in [0.25, 0.3) is 0 Å². The summed E-state index contributed by atoms with van der Waals surface area (Å²) in [5, 5.41) is 11.6. The van der Waals surface area contributed by atoms with Crippen LogP contribution in [-0.2, 0) is 5.41 Å². The SMILES string of the molecule is CCCCCCCCCCCCCCC(C)c1cc(C(C)(C)c2ccccc2)cc(C(C)c2ccccc2)c1O. The van der Waals surface area contributed by atoms with Gasteiger partial charge in [-0.15, -0.1) is 0 Å². The Balaban J connectivity index is 1.66. The molecule has 0 saturated heterocycles.